The maximum absolute atomic E-state index is 13.7. The Morgan fingerprint density at radius 2 is 1.74 bits per heavy atom. The molecule has 2 aromatic carbocycles. The lowest BCUT2D eigenvalue weighted by Gasteiger charge is -2.49. The van der Waals surface area contributed by atoms with E-state index in [9.17, 15) is 40.2 Å². The van der Waals surface area contributed by atoms with Gasteiger partial charge in [-0.3, -0.25) is 4.79 Å². The molecule has 2 fully saturated rings. The van der Waals surface area contributed by atoms with Crippen LogP contribution < -0.4 is 9.47 Å². The van der Waals surface area contributed by atoms with E-state index in [0.29, 0.717) is 36.1 Å². The molecule has 4 aliphatic rings. The molecule has 0 saturated carbocycles. The van der Waals surface area contributed by atoms with E-state index in [4.69, 9.17) is 28.4 Å². The third kappa shape index (κ3) is 6.33. The fraction of sp³-hybridized carbons (Fsp3) is 0.429. The van der Waals surface area contributed by atoms with Gasteiger partial charge < -0.3 is 64.0 Å². The van der Waals surface area contributed by atoms with Gasteiger partial charge in [0.15, 0.2) is 29.1 Å². The van der Waals surface area contributed by atoms with Crippen molar-refractivity contribution in [3.8, 4) is 28.7 Å². The summed E-state index contributed by atoms with van der Waals surface area (Å²) in [6.07, 6.45) is -2.87. The lowest BCUT2D eigenvalue weighted by atomic mass is 9.73. The topological polar surface area (TPSA) is 214 Å². The summed E-state index contributed by atoms with van der Waals surface area (Å²) in [7, 11) is 2.70. The van der Waals surface area contributed by atoms with E-state index < -0.39 is 67.4 Å². The van der Waals surface area contributed by atoms with E-state index in [1.54, 1.807) is 11.0 Å². The van der Waals surface area contributed by atoms with Gasteiger partial charge in [0.1, 0.15) is 18.3 Å². The number of piperidine rings is 1. The highest BCUT2D eigenvalue weighted by Crippen LogP contribution is 2.49. The molecule has 0 bridgehead atoms. The van der Waals surface area contributed by atoms with Gasteiger partial charge in [-0.25, -0.2) is 4.79 Å². The van der Waals surface area contributed by atoms with Crippen LogP contribution in [0.2, 0.25) is 0 Å². The molecule has 50 heavy (non-hydrogen) atoms. The van der Waals surface area contributed by atoms with E-state index in [-0.39, 0.29) is 34.7 Å². The van der Waals surface area contributed by atoms with Crippen molar-refractivity contribution < 1.29 is 68.6 Å². The fourth-order valence-corrected chi connectivity index (χ4v) is 7.01. The monoisotopic (exact) mass is 697 g/mol. The van der Waals surface area contributed by atoms with E-state index >= 15 is 0 Å². The smallest absolute Gasteiger partial charge is 0.331 e. The van der Waals surface area contributed by atoms with E-state index in [1.165, 1.54) is 50.8 Å². The predicted molar refractivity (Wildman–Crippen MR) is 172 cm³/mol. The van der Waals surface area contributed by atoms with Crippen LogP contribution in [0.25, 0.3) is 6.08 Å². The number of phenolic OH excluding ortho intramolecular Hbond substituents is 3. The van der Waals surface area contributed by atoms with E-state index in [1.807, 2.05) is 0 Å². The largest absolute Gasteiger partial charge is 0.504 e. The molecule has 15 heteroatoms. The first-order chi connectivity index (χ1) is 24.0. The highest BCUT2D eigenvalue weighted by atomic mass is 16.8. The maximum Gasteiger partial charge on any atom is 0.331 e. The predicted octanol–water partition coefficient (Wildman–Crippen LogP) is 1.39. The van der Waals surface area contributed by atoms with Crippen LogP contribution in [0, 0.1) is 11.8 Å². The molecule has 0 aliphatic carbocycles. The third-order valence-electron chi connectivity index (χ3n) is 9.62. The number of methoxy groups -OCH3 is 2. The molecule has 1 amide bonds. The second-order valence-electron chi connectivity index (χ2n) is 12.4. The normalized spacial score (nSPS) is 30.3. The number of aliphatic hydroxyl groups excluding tert-OH is 3. The summed E-state index contributed by atoms with van der Waals surface area (Å²) in [6, 6.07) is 5.46. The molecule has 0 aromatic heterocycles. The number of benzene rings is 2. The number of esters is 1. The highest BCUT2D eigenvalue weighted by molar-refractivity contribution is 5.95. The minimum atomic E-state index is -1.75. The molecule has 268 valence electrons. The Bertz CT molecular complexity index is 1680. The fourth-order valence-electron chi connectivity index (χ4n) is 7.01. The zero-order valence-corrected chi connectivity index (χ0v) is 27.2. The summed E-state index contributed by atoms with van der Waals surface area (Å²) in [6.45, 7) is 3.65. The Balaban J connectivity index is 1.23. The van der Waals surface area contributed by atoms with Gasteiger partial charge in [0, 0.05) is 24.5 Å². The maximum atomic E-state index is 13.7. The number of aromatic hydroxyl groups is 3. The number of hydrogen-bond acceptors (Lipinski definition) is 14. The lowest BCUT2D eigenvalue weighted by Crippen LogP contribution is -2.61. The molecule has 2 aromatic rings. The molecule has 6 N–H and O–H groups in total. The number of phenols is 3. The summed E-state index contributed by atoms with van der Waals surface area (Å²) in [5.41, 5.74) is 2.33. The van der Waals surface area contributed by atoms with Crippen molar-refractivity contribution >= 4 is 18.0 Å². The van der Waals surface area contributed by atoms with Gasteiger partial charge in [-0.15, -0.1) is 6.58 Å². The minimum absolute atomic E-state index is 0.0964. The molecule has 6 rings (SSSR count). The molecular weight excluding hydrogens is 658 g/mol. The Hall–Kier alpha value is -4.80. The molecule has 0 spiro atoms. The number of fused-ring (bicyclic) bond motifs is 4. The quantitative estimate of drug-likeness (QED) is 0.0946. The lowest BCUT2D eigenvalue weighted by molar-refractivity contribution is -0.340. The third-order valence-corrected chi connectivity index (χ3v) is 9.62. The van der Waals surface area contributed by atoms with Gasteiger partial charge in [0.25, 0.3) is 5.91 Å². The highest BCUT2D eigenvalue weighted by Gasteiger charge is 2.52. The molecule has 4 aliphatic heterocycles. The number of ether oxygens (including phenoxy) is 6. The first kappa shape index (κ1) is 35.0. The zero-order chi connectivity index (χ0) is 35.9. The first-order valence-electron chi connectivity index (χ1n) is 15.9. The molecule has 4 heterocycles. The Morgan fingerprint density at radius 3 is 2.40 bits per heavy atom. The summed E-state index contributed by atoms with van der Waals surface area (Å²) in [4.78, 5) is 28.4. The van der Waals surface area contributed by atoms with Gasteiger partial charge in [0.2, 0.25) is 18.3 Å². The number of amides is 1. The molecule has 2 saturated heterocycles. The summed E-state index contributed by atoms with van der Waals surface area (Å²) in [5.74, 6) is -2.92. The van der Waals surface area contributed by atoms with Crippen LogP contribution in [0.15, 0.2) is 54.8 Å². The number of rotatable bonds is 9. The number of nitrogens with zero attached hydrogens (tertiary/aromatic N) is 1. The molecule has 0 radical (unpaired) electrons. The van der Waals surface area contributed by atoms with Crippen molar-refractivity contribution in [2.75, 3.05) is 27.4 Å². The summed E-state index contributed by atoms with van der Waals surface area (Å²) in [5, 5.41) is 62.0. The molecular formula is C35H39NO14. The second-order valence-corrected chi connectivity index (χ2v) is 12.4. The number of hydrogen-bond donors (Lipinski definition) is 6. The van der Waals surface area contributed by atoms with Gasteiger partial charge in [-0.2, -0.15) is 0 Å². The Morgan fingerprint density at radius 1 is 1.04 bits per heavy atom. The average molecular weight is 698 g/mol. The molecule has 15 nitrogen and oxygen atoms in total. The standard InChI is InChI=1S/C35H39NO14/c1-4-18-20-12-22-19-13-24(39)23(38)11-17(19)7-8-36(22)33(44)21(20)15-47-34(18)50-35-32(31(43)30(42)27(14-37)48-35)49-28(40)6-5-16-9-25(45-2)29(41)26(10-16)46-3/h4-6,9-11,13,15,18,20,22,27,30-32,34-35,37-39,41-43H,1,7-8,12,14H2,2-3H3. The number of carbonyl (C=O) groups excluding carboxylic acids is 2. The van der Waals surface area contributed by atoms with Crippen molar-refractivity contribution in [1.29, 1.82) is 0 Å². The van der Waals surface area contributed by atoms with Gasteiger partial charge in [0.05, 0.1) is 38.7 Å². The Labute approximate surface area is 286 Å². The van der Waals surface area contributed by atoms with E-state index in [2.05, 4.69) is 6.58 Å². The van der Waals surface area contributed by atoms with Gasteiger partial charge in [-0.1, -0.05) is 6.08 Å². The minimum Gasteiger partial charge on any atom is -0.504 e. The summed E-state index contributed by atoms with van der Waals surface area (Å²) >= 11 is 0. The first-order valence-corrected chi connectivity index (χ1v) is 15.9. The Kier molecular flexibility index (Phi) is 9.96. The van der Waals surface area contributed by atoms with Crippen LogP contribution in [0.5, 0.6) is 28.7 Å². The molecule has 9 atom stereocenters. The van der Waals surface area contributed by atoms with Crippen molar-refractivity contribution in [3.05, 3.63) is 71.5 Å². The van der Waals surface area contributed by atoms with Crippen molar-refractivity contribution in [2.24, 2.45) is 11.8 Å². The van der Waals surface area contributed by atoms with Crippen LogP contribution in [0.4, 0.5) is 0 Å². The van der Waals surface area contributed by atoms with Crippen LogP contribution in [-0.4, -0.2) is 112 Å². The number of carbonyl (C=O) groups is 2. The van der Waals surface area contributed by atoms with Crippen LogP contribution in [-0.2, 0) is 35.0 Å². The van der Waals surface area contributed by atoms with Crippen molar-refractivity contribution in [3.63, 3.8) is 0 Å². The van der Waals surface area contributed by atoms with Crippen molar-refractivity contribution in [2.45, 2.75) is 55.9 Å². The summed E-state index contributed by atoms with van der Waals surface area (Å²) < 4.78 is 33.6. The second kappa shape index (κ2) is 14.2. The SMILES string of the molecule is C=CC1C(OC2OC(CO)C(O)C(O)C2OC(=O)C=Cc2cc(OC)c(O)c(OC)c2)OC=C2C(=O)N3CCc4cc(O)c(O)cc4C3CC21. The van der Waals surface area contributed by atoms with Gasteiger partial charge in [-0.05, 0) is 59.9 Å². The van der Waals surface area contributed by atoms with Gasteiger partial charge >= 0.3 is 5.97 Å². The van der Waals surface area contributed by atoms with Crippen LogP contribution in [0.3, 0.4) is 0 Å². The molecule has 9 unspecified atom stereocenters. The van der Waals surface area contributed by atoms with Crippen LogP contribution >= 0.6 is 0 Å². The zero-order valence-electron chi connectivity index (χ0n) is 27.2. The van der Waals surface area contributed by atoms with Crippen molar-refractivity contribution in [1.82, 2.24) is 4.90 Å². The average Bonchev–Trinajstić information content (AvgIpc) is 3.11. The number of aliphatic hydroxyl groups is 3. The van der Waals surface area contributed by atoms with Crippen LogP contribution in [0.1, 0.15) is 29.2 Å². The van der Waals surface area contributed by atoms with E-state index in [0.717, 1.165) is 11.6 Å².